The van der Waals surface area contributed by atoms with Gasteiger partial charge in [0.2, 0.25) is 0 Å². The summed E-state index contributed by atoms with van der Waals surface area (Å²) in [7, 11) is 5.74. The Hall–Kier alpha value is -3.47. The SMILES string of the molecule is COC(=O)CCc1c(C)c(C(=O)OC)c2n1C(C#N)Cc1cc(OC)c(OC)cc1-2. The van der Waals surface area contributed by atoms with E-state index in [1.165, 1.54) is 14.2 Å². The number of carbonyl (C=O) groups is 2. The molecule has 0 amide bonds. The van der Waals surface area contributed by atoms with Crippen LogP contribution in [0.25, 0.3) is 11.3 Å². The van der Waals surface area contributed by atoms with Crippen LogP contribution in [0.5, 0.6) is 11.5 Å². The first-order valence-corrected chi connectivity index (χ1v) is 9.45. The van der Waals surface area contributed by atoms with E-state index in [-0.39, 0.29) is 12.4 Å². The van der Waals surface area contributed by atoms with Gasteiger partial charge in [0.05, 0.1) is 52.2 Å². The standard InChI is InChI=1S/C22H24N2O6/c1-12-16(6-7-19(25)29-4)24-14(11-23)8-13-9-17(27-2)18(28-3)10-15(13)21(24)20(12)22(26)30-5/h9-10,14H,6-8H2,1-5H3. The van der Waals surface area contributed by atoms with Crippen molar-refractivity contribution >= 4 is 11.9 Å². The fourth-order valence-corrected chi connectivity index (χ4v) is 4.06. The summed E-state index contributed by atoms with van der Waals surface area (Å²) in [5, 5.41) is 9.90. The van der Waals surface area contributed by atoms with Gasteiger partial charge in [-0.2, -0.15) is 5.26 Å². The highest BCUT2D eigenvalue weighted by atomic mass is 16.5. The number of benzene rings is 1. The lowest BCUT2D eigenvalue weighted by atomic mass is 9.91. The number of nitriles is 1. The number of aromatic nitrogens is 1. The van der Waals surface area contributed by atoms with Crippen molar-refractivity contribution in [1.29, 1.82) is 5.26 Å². The van der Waals surface area contributed by atoms with Crippen LogP contribution in [-0.4, -0.2) is 44.9 Å². The number of hydrogen-bond acceptors (Lipinski definition) is 7. The van der Waals surface area contributed by atoms with Crippen LogP contribution in [0.1, 0.15) is 39.6 Å². The zero-order chi connectivity index (χ0) is 22.0. The summed E-state index contributed by atoms with van der Waals surface area (Å²) in [5.41, 5.74) is 4.03. The Bertz CT molecular complexity index is 1050. The molecule has 158 valence electrons. The van der Waals surface area contributed by atoms with Gasteiger partial charge in [0.25, 0.3) is 0 Å². The Labute approximate surface area is 174 Å². The van der Waals surface area contributed by atoms with Crippen molar-refractivity contribution < 1.29 is 28.5 Å². The number of ether oxygens (including phenoxy) is 4. The summed E-state index contributed by atoms with van der Waals surface area (Å²) in [6, 6.07) is 5.43. The van der Waals surface area contributed by atoms with Gasteiger partial charge >= 0.3 is 11.9 Å². The minimum Gasteiger partial charge on any atom is -0.493 e. The van der Waals surface area contributed by atoms with Crippen LogP contribution in [0.15, 0.2) is 12.1 Å². The molecule has 1 aliphatic heterocycles. The fraction of sp³-hybridized carbons (Fsp3) is 0.409. The van der Waals surface area contributed by atoms with Crippen LogP contribution in [0.2, 0.25) is 0 Å². The van der Waals surface area contributed by atoms with E-state index in [2.05, 4.69) is 6.07 Å². The lowest BCUT2D eigenvalue weighted by molar-refractivity contribution is -0.140. The van der Waals surface area contributed by atoms with E-state index in [0.29, 0.717) is 41.2 Å². The number of hydrogen-bond donors (Lipinski definition) is 0. The maximum absolute atomic E-state index is 12.7. The average Bonchev–Trinajstić information content (AvgIpc) is 3.07. The maximum Gasteiger partial charge on any atom is 0.340 e. The smallest absolute Gasteiger partial charge is 0.340 e. The topological polar surface area (TPSA) is 99.8 Å². The van der Waals surface area contributed by atoms with Crippen LogP contribution in [-0.2, 0) is 27.1 Å². The number of fused-ring (bicyclic) bond motifs is 3. The van der Waals surface area contributed by atoms with E-state index >= 15 is 0 Å². The van der Waals surface area contributed by atoms with Crippen molar-refractivity contribution in [1.82, 2.24) is 4.57 Å². The second-order valence-corrected chi connectivity index (χ2v) is 6.95. The first-order chi connectivity index (χ1) is 14.4. The number of nitrogens with zero attached hydrogens (tertiary/aromatic N) is 2. The van der Waals surface area contributed by atoms with Crippen molar-refractivity contribution in [3.63, 3.8) is 0 Å². The van der Waals surface area contributed by atoms with Crippen molar-refractivity contribution in [2.75, 3.05) is 28.4 Å². The Kier molecular flexibility index (Phi) is 6.01. The van der Waals surface area contributed by atoms with Crippen molar-refractivity contribution in [3.05, 3.63) is 34.5 Å². The monoisotopic (exact) mass is 412 g/mol. The molecule has 1 aromatic heterocycles. The second-order valence-electron chi connectivity index (χ2n) is 6.95. The van der Waals surface area contributed by atoms with Gasteiger partial charge in [0.15, 0.2) is 11.5 Å². The van der Waals surface area contributed by atoms with Crippen molar-refractivity contribution in [2.24, 2.45) is 0 Å². The van der Waals surface area contributed by atoms with Gasteiger partial charge in [0, 0.05) is 17.7 Å². The van der Waals surface area contributed by atoms with E-state index in [9.17, 15) is 14.9 Å². The van der Waals surface area contributed by atoms with Crippen LogP contribution in [0, 0.1) is 18.3 Å². The number of rotatable bonds is 6. The normalized spacial score (nSPS) is 14.2. The van der Waals surface area contributed by atoms with E-state index < -0.39 is 12.0 Å². The third-order valence-electron chi connectivity index (χ3n) is 5.50. The molecule has 0 fully saturated rings. The molecule has 0 aliphatic carbocycles. The van der Waals surface area contributed by atoms with Gasteiger partial charge in [0.1, 0.15) is 6.04 Å². The van der Waals surface area contributed by atoms with E-state index in [1.54, 1.807) is 21.1 Å². The van der Waals surface area contributed by atoms with E-state index in [0.717, 1.165) is 16.8 Å². The zero-order valence-corrected chi connectivity index (χ0v) is 17.7. The first-order valence-electron chi connectivity index (χ1n) is 9.45. The fourth-order valence-electron chi connectivity index (χ4n) is 4.06. The van der Waals surface area contributed by atoms with Crippen LogP contribution < -0.4 is 9.47 Å². The predicted octanol–water partition coefficient (Wildman–Crippen LogP) is 2.99. The van der Waals surface area contributed by atoms with Crippen LogP contribution in [0.4, 0.5) is 0 Å². The molecule has 1 atom stereocenters. The third-order valence-corrected chi connectivity index (χ3v) is 5.50. The lowest BCUT2D eigenvalue weighted by Gasteiger charge is -2.27. The summed E-state index contributed by atoms with van der Waals surface area (Å²) in [5.74, 6) is 0.208. The molecular formula is C22H24N2O6. The molecule has 2 heterocycles. The summed E-state index contributed by atoms with van der Waals surface area (Å²) in [6.45, 7) is 1.80. The van der Waals surface area contributed by atoms with E-state index in [1.807, 2.05) is 16.7 Å². The van der Waals surface area contributed by atoms with Gasteiger partial charge in [-0.15, -0.1) is 0 Å². The van der Waals surface area contributed by atoms with Gasteiger partial charge < -0.3 is 23.5 Å². The minimum absolute atomic E-state index is 0.137. The number of esters is 2. The van der Waals surface area contributed by atoms with Gasteiger partial charge in [-0.1, -0.05) is 0 Å². The quantitative estimate of drug-likeness (QED) is 0.673. The largest absolute Gasteiger partial charge is 0.493 e. The molecule has 0 saturated carbocycles. The van der Waals surface area contributed by atoms with Gasteiger partial charge in [-0.05, 0) is 36.6 Å². The Morgan fingerprint density at radius 1 is 1.13 bits per heavy atom. The highest BCUT2D eigenvalue weighted by Crippen LogP contribution is 2.45. The Morgan fingerprint density at radius 2 is 1.80 bits per heavy atom. The summed E-state index contributed by atoms with van der Waals surface area (Å²) in [4.78, 5) is 24.5. The third kappa shape index (κ3) is 3.36. The maximum atomic E-state index is 12.7. The molecular weight excluding hydrogens is 388 g/mol. The molecule has 0 saturated heterocycles. The molecule has 8 heteroatoms. The molecule has 0 spiro atoms. The Balaban J connectivity index is 2.32. The molecule has 1 aliphatic rings. The van der Waals surface area contributed by atoms with Crippen LogP contribution in [0.3, 0.4) is 0 Å². The highest BCUT2D eigenvalue weighted by Gasteiger charge is 2.35. The number of carbonyl (C=O) groups excluding carboxylic acids is 2. The predicted molar refractivity (Wildman–Crippen MR) is 108 cm³/mol. The first kappa shape index (κ1) is 21.2. The molecule has 2 aromatic rings. The van der Waals surface area contributed by atoms with Crippen molar-refractivity contribution in [3.8, 4) is 28.8 Å². The van der Waals surface area contributed by atoms with E-state index in [4.69, 9.17) is 18.9 Å². The highest BCUT2D eigenvalue weighted by molar-refractivity contribution is 6.00. The summed E-state index contributed by atoms with van der Waals surface area (Å²) in [6.07, 6.45) is 0.904. The zero-order valence-electron chi connectivity index (χ0n) is 17.7. The molecule has 8 nitrogen and oxygen atoms in total. The molecule has 1 aromatic carbocycles. The van der Waals surface area contributed by atoms with Crippen molar-refractivity contribution in [2.45, 2.75) is 32.2 Å². The van der Waals surface area contributed by atoms with Gasteiger partial charge in [-0.3, -0.25) is 4.79 Å². The number of methoxy groups -OCH3 is 4. The molecule has 1 unspecified atom stereocenters. The van der Waals surface area contributed by atoms with Gasteiger partial charge in [-0.25, -0.2) is 4.79 Å². The molecule has 3 rings (SSSR count). The second kappa shape index (κ2) is 8.49. The Morgan fingerprint density at radius 3 is 2.37 bits per heavy atom. The van der Waals surface area contributed by atoms with Crippen LogP contribution >= 0.6 is 0 Å². The summed E-state index contributed by atoms with van der Waals surface area (Å²) < 4.78 is 22.5. The molecule has 0 bridgehead atoms. The lowest BCUT2D eigenvalue weighted by Crippen LogP contribution is -2.21. The average molecular weight is 412 g/mol. The molecule has 30 heavy (non-hydrogen) atoms. The molecule has 0 N–H and O–H groups in total. The minimum atomic E-state index is -0.546. The molecule has 0 radical (unpaired) electrons. The summed E-state index contributed by atoms with van der Waals surface area (Å²) >= 11 is 0.